The minimum atomic E-state index is -0.965. The van der Waals surface area contributed by atoms with E-state index in [1.807, 2.05) is 48.5 Å². The quantitative estimate of drug-likeness (QED) is 0.242. The van der Waals surface area contributed by atoms with Crippen molar-refractivity contribution in [1.29, 1.82) is 0 Å². The summed E-state index contributed by atoms with van der Waals surface area (Å²) in [5.74, 6) is -1.98. The summed E-state index contributed by atoms with van der Waals surface area (Å²) in [5.41, 5.74) is 5.93. The zero-order valence-corrected chi connectivity index (χ0v) is 30.9. The highest BCUT2D eigenvalue weighted by Crippen LogP contribution is 2.36. The molecule has 3 aromatic carbocycles. The van der Waals surface area contributed by atoms with Gasteiger partial charge in [0.05, 0.1) is 17.7 Å². The number of piperidine rings is 2. The van der Waals surface area contributed by atoms with E-state index in [-0.39, 0.29) is 30.7 Å². The number of hydrogen-bond acceptors (Lipinski definition) is 8. The highest BCUT2D eigenvalue weighted by atomic mass is 35.5. The molecule has 8 rings (SSSR count). The Labute approximate surface area is 319 Å². The van der Waals surface area contributed by atoms with Gasteiger partial charge in [0.2, 0.25) is 17.5 Å². The first-order valence-electron chi connectivity index (χ1n) is 18.7. The number of carbonyl (C=O) groups excluding carboxylic acids is 5. The average molecular weight is 748 g/mol. The van der Waals surface area contributed by atoms with Crippen molar-refractivity contribution in [2.45, 2.75) is 88.6 Å². The summed E-state index contributed by atoms with van der Waals surface area (Å²) in [4.78, 5) is 75.4. The number of nitrogens with one attached hydrogen (secondary N) is 2. The fraction of sp³-hybridized carbons (Fsp3) is 0.415. The molecule has 3 aromatic rings. The van der Waals surface area contributed by atoms with Crippen LogP contribution < -0.4 is 20.4 Å². The van der Waals surface area contributed by atoms with Crippen LogP contribution in [0.5, 0.6) is 0 Å². The van der Waals surface area contributed by atoms with Gasteiger partial charge in [-0.05, 0) is 105 Å². The van der Waals surface area contributed by atoms with E-state index >= 15 is 0 Å². The van der Waals surface area contributed by atoms with Gasteiger partial charge >= 0.3 is 0 Å². The molecule has 12 nitrogen and oxygen atoms in total. The van der Waals surface area contributed by atoms with Crippen molar-refractivity contribution in [3.05, 3.63) is 98.9 Å². The SMILES string of the molecule is [C-]#[N+]c1ccc(N(C)C2CCC(NC(=O)c3ccc(N4CCC(N5Cc6cc7c(cc6C5)C(=O)N(C5CCC(=O)NC5=O)C7=O)CC4)cc3)CC2)cc1Cl. The van der Waals surface area contributed by atoms with Gasteiger partial charge in [-0.2, -0.15) is 0 Å². The summed E-state index contributed by atoms with van der Waals surface area (Å²) >= 11 is 6.27. The van der Waals surface area contributed by atoms with Crippen molar-refractivity contribution >= 4 is 58.2 Å². The molecule has 278 valence electrons. The molecular formula is C41H42ClN7O5. The second-order valence-electron chi connectivity index (χ2n) is 15.1. The molecule has 3 fully saturated rings. The van der Waals surface area contributed by atoms with E-state index in [0.29, 0.717) is 52.6 Å². The number of rotatable bonds is 7. The minimum absolute atomic E-state index is 0.0507. The van der Waals surface area contributed by atoms with Crippen LogP contribution in [0.15, 0.2) is 54.6 Å². The van der Waals surface area contributed by atoms with Gasteiger partial charge in [-0.15, -0.1) is 0 Å². The lowest BCUT2D eigenvalue weighted by molar-refractivity contribution is -0.136. The Bertz CT molecular complexity index is 2040. The Balaban J connectivity index is 0.806. The van der Waals surface area contributed by atoms with Crippen LogP contribution in [-0.4, -0.2) is 83.6 Å². The number of carbonyl (C=O) groups is 5. The van der Waals surface area contributed by atoms with Crippen molar-refractivity contribution in [3.63, 3.8) is 0 Å². The Morgan fingerprint density at radius 2 is 1.52 bits per heavy atom. The van der Waals surface area contributed by atoms with E-state index < -0.39 is 23.8 Å². The van der Waals surface area contributed by atoms with E-state index in [9.17, 15) is 24.0 Å². The highest BCUT2D eigenvalue weighted by Gasteiger charge is 2.45. The molecule has 54 heavy (non-hydrogen) atoms. The molecule has 1 aliphatic carbocycles. The molecule has 4 aliphatic heterocycles. The molecule has 0 radical (unpaired) electrons. The Hall–Kier alpha value is -5.25. The normalized spacial score (nSPS) is 23.2. The van der Waals surface area contributed by atoms with Crippen LogP contribution in [0.1, 0.15) is 93.6 Å². The summed E-state index contributed by atoms with van der Waals surface area (Å²) in [7, 11) is 2.06. The van der Waals surface area contributed by atoms with Crippen LogP contribution >= 0.6 is 11.6 Å². The molecule has 1 saturated carbocycles. The van der Waals surface area contributed by atoms with Crippen LogP contribution in [0.2, 0.25) is 5.02 Å². The average Bonchev–Trinajstić information content (AvgIpc) is 3.71. The molecular weight excluding hydrogens is 706 g/mol. The van der Waals surface area contributed by atoms with Crippen molar-refractivity contribution in [2.24, 2.45) is 0 Å². The van der Waals surface area contributed by atoms with Crippen molar-refractivity contribution < 1.29 is 24.0 Å². The summed E-state index contributed by atoms with van der Waals surface area (Å²) < 4.78 is 0. The lowest BCUT2D eigenvalue weighted by Gasteiger charge is -2.38. The third-order valence-electron chi connectivity index (χ3n) is 12.0. The Morgan fingerprint density at radius 3 is 2.11 bits per heavy atom. The standard InChI is InChI=1S/C41H42ClN7O5/c1-43-35-12-11-31(21-34(35)42)46(2)28-9-5-27(6-10-28)44-38(51)24-3-7-29(8-4-24)47-17-15-30(16-18-47)48-22-25-19-32-33(20-26(25)23-48)41(54)49(40(32)53)36-13-14-37(50)45-39(36)52/h3-4,7-8,11-12,19-21,27-28,30,36H,5-6,9-10,13-18,22-23H2,2H3,(H,44,51)(H,45,50,52). The second-order valence-corrected chi connectivity index (χ2v) is 15.5. The van der Waals surface area contributed by atoms with Gasteiger partial charge in [0, 0.05) is 79.7 Å². The maximum atomic E-state index is 13.3. The fourth-order valence-electron chi connectivity index (χ4n) is 8.86. The molecule has 1 unspecified atom stereocenters. The van der Waals surface area contributed by atoms with Gasteiger partial charge in [0.1, 0.15) is 6.04 Å². The van der Waals surface area contributed by atoms with E-state index in [4.69, 9.17) is 18.2 Å². The van der Waals surface area contributed by atoms with E-state index in [0.717, 1.165) is 79.0 Å². The number of anilines is 2. The van der Waals surface area contributed by atoms with Crippen LogP contribution in [0, 0.1) is 6.57 Å². The van der Waals surface area contributed by atoms with Crippen molar-refractivity contribution in [3.8, 4) is 0 Å². The van der Waals surface area contributed by atoms with Crippen LogP contribution in [0.3, 0.4) is 0 Å². The lowest BCUT2D eigenvalue weighted by atomic mass is 9.90. The number of nitrogens with zero attached hydrogens (tertiary/aromatic N) is 5. The summed E-state index contributed by atoms with van der Waals surface area (Å²) in [5, 5.41) is 5.96. The number of fused-ring (bicyclic) bond motifs is 2. The summed E-state index contributed by atoms with van der Waals surface area (Å²) in [6.07, 6.45) is 5.87. The molecule has 0 bridgehead atoms. The molecule has 5 aliphatic rings. The van der Waals surface area contributed by atoms with Crippen LogP contribution in [0.25, 0.3) is 4.85 Å². The molecule has 13 heteroatoms. The smallest absolute Gasteiger partial charge is 0.262 e. The summed E-state index contributed by atoms with van der Waals surface area (Å²) in [6.45, 7) is 10.4. The van der Waals surface area contributed by atoms with Crippen LogP contribution in [-0.2, 0) is 22.7 Å². The van der Waals surface area contributed by atoms with Gasteiger partial charge in [-0.3, -0.25) is 39.1 Å². The first-order valence-corrected chi connectivity index (χ1v) is 19.1. The maximum Gasteiger partial charge on any atom is 0.262 e. The van der Waals surface area contributed by atoms with Gasteiger partial charge in [-0.1, -0.05) is 17.7 Å². The predicted octanol–water partition coefficient (Wildman–Crippen LogP) is 5.45. The lowest BCUT2D eigenvalue weighted by Crippen LogP contribution is -2.54. The molecule has 2 saturated heterocycles. The number of hydrogen-bond donors (Lipinski definition) is 2. The number of amides is 5. The number of halogens is 1. The minimum Gasteiger partial charge on any atom is -0.372 e. The predicted molar refractivity (Wildman–Crippen MR) is 204 cm³/mol. The largest absolute Gasteiger partial charge is 0.372 e. The number of benzene rings is 3. The molecule has 2 N–H and O–H groups in total. The third kappa shape index (κ3) is 6.71. The molecule has 0 spiro atoms. The summed E-state index contributed by atoms with van der Waals surface area (Å²) in [6, 6.07) is 16.9. The van der Waals surface area contributed by atoms with Gasteiger partial charge < -0.3 is 15.1 Å². The first-order chi connectivity index (χ1) is 26.1. The van der Waals surface area contributed by atoms with Crippen molar-refractivity contribution in [1.82, 2.24) is 20.4 Å². The zero-order valence-electron chi connectivity index (χ0n) is 30.1. The van der Waals surface area contributed by atoms with E-state index in [1.165, 1.54) is 0 Å². The Kier molecular flexibility index (Phi) is 9.62. The highest BCUT2D eigenvalue weighted by molar-refractivity contribution is 6.33. The molecule has 4 heterocycles. The molecule has 5 amide bonds. The van der Waals surface area contributed by atoms with Crippen LogP contribution in [0.4, 0.5) is 17.1 Å². The second kappa shape index (κ2) is 14.5. The van der Waals surface area contributed by atoms with Gasteiger partial charge in [-0.25, -0.2) is 4.85 Å². The molecule has 0 aromatic heterocycles. The monoisotopic (exact) mass is 747 g/mol. The Morgan fingerprint density at radius 1 is 0.870 bits per heavy atom. The maximum absolute atomic E-state index is 13.3. The zero-order chi connectivity index (χ0) is 37.7. The first kappa shape index (κ1) is 35.8. The van der Waals surface area contributed by atoms with Gasteiger partial charge in [0.25, 0.3) is 17.7 Å². The van der Waals surface area contributed by atoms with Crippen molar-refractivity contribution in [2.75, 3.05) is 29.9 Å². The van der Waals surface area contributed by atoms with E-state index in [1.54, 1.807) is 6.07 Å². The fourth-order valence-corrected chi connectivity index (χ4v) is 9.08. The van der Waals surface area contributed by atoms with E-state index in [2.05, 4.69) is 37.2 Å². The third-order valence-corrected chi connectivity index (χ3v) is 12.3. The number of imide groups is 2. The molecule has 1 atom stereocenters. The topological polar surface area (TPSA) is 127 Å². The van der Waals surface area contributed by atoms with Gasteiger partial charge in [0.15, 0.2) is 0 Å².